The van der Waals surface area contributed by atoms with Crippen molar-refractivity contribution in [3.8, 4) is 5.75 Å². The first-order valence-electron chi connectivity index (χ1n) is 4.25. The van der Waals surface area contributed by atoms with Crippen molar-refractivity contribution < 1.29 is 19.2 Å². The lowest BCUT2D eigenvalue weighted by atomic mass is 10.3. The van der Waals surface area contributed by atoms with Crippen LogP contribution < -0.4 is 4.74 Å². The third kappa shape index (κ3) is 3.51. The monoisotopic (exact) mass is 215 g/mol. The van der Waals surface area contributed by atoms with Crippen LogP contribution in [0.2, 0.25) is 0 Å². The van der Waals surface area contributed by atoms with Crippen LogP contribution in [0.15, 0.2) is 24.3 Å². The minimum atomic E-state index is -1.44. The van der Waals surface area contributed by atoms with E-state index in [2.05, 4.69) is 0 Å². The molecule has 0 aliphatic rings. The average molecular weight is 215 g/mol. The second-order valence-electron chi connectivity index (χ2n) is 2.84. The molecule has 0 fully saturated rings. The Kier molecular flexibility index (Phi) is 3.99. The minimum absolute atomic E-state index is 0.0543. The number of non-ortho nitro benzene ring substituents is 1. The maximum absolute atomic E-state index is 12.5. The SMILES string of the molecule is O=[N+]([O-])c1ccc(OCC(F)CO)cc1. The normalized spacial score (nSPS) is 12.1. The molecule has 0 amide bonds. The second kappa shape index (κ2) is 5.26. The summed E-state index contributed by atoms with van der Waals surface area (Å²) in [6, 6.07) is 5.29. The fourth-order valence-corrected chi connectivity index (χ4v) is 0.903. The van der Waals surface area contributed by atoms with E-state index < -0.39 is 17.7 Å². The van der Waals surface area contributed by atoms with Gasteiger partial charge in [-0.2, -0.15) is 0 Å². The molecule has 0 aliphatic carbocycles. The Labute approximate surface area is 85.3 Å². The number of halogens is 1. The van der Waals surface area contributed by atoms with Crippen molar-refractivity contribution in [2.75, 3.05) is 13.2 Å². The Hall–Kier alpha value is -1.69. The molecule has 1 rings (SSSR count). The molecule has 1 unspecified atom stereocenters. The zero-order valence-electron chi connectivity index (χ0n) is 7.80. The van der Waals surface area contributed by atoms with E-state index in [1.54, 1.807) is 0 Å². The summed E-state index contributed by atoms with van der Waals surface area (Å²) in [5.41, 5.74) is -0.0543. The molecular formula is C9H10FNO4. The molecule has 0 radical (unpaired) electrons. The van der Waals surface area contributed by atoms with Gasteiger partial charge in [0.05, 0.1) is 11.5 Å². The molecule has 1 atom stereocenters. The molecule has 1 N–H and O–H groups in total. The molecule has 0 bridgehead atoms. The molecule has 0 aliphatic heterocycles. The number of benzene rings is 1. The zero-order valence-corrected chi connectivity index (χ0v) is 7.80. The number of aliphatic hydroxyl groups is 1. The van der Waals surface area contributed by atoms with Crippen LogP contribution in [-0.2, 0) is 0 Å². The number of nitrogens with zero attached hydrogens (tertiary/aromatic N) is 1. The van der Waals surface area contributed by atoms with Crippen LogP contribution in [0.5, 0.6) is 5.75 Å². The summed E-state index contributed by atoms with van der Waals surface area (Å²) in [4.78, 5) is 9.76. The Morgan fingerprint density at radius 2 is 2.07 bits per heavy atom. The van der Waals surface area contributed by atoms with Crippen LogP contribution in [0.1, 0.15) is 0 Å². The number of hydrogen-bond acceptors (Lipinski definition) is 4. The van der Waals surface area contributed by atoms with Crippen molar-refractivity contribution in [3.05, 3.63) is 34.4 Å². The molecule has 1 aromatic carbocycles. The summed E-state index contributed by atoms with van der Waals surface area (Å²) in [6.45, 7) is -0.874. The van der Waals surface area contributed by atoms with Gasteiger partial charge in [-0.3, -0.25) is 10.1 Å². The summed E-state index contributed by atoms with van der Waals surface area (Å²) < 4.78 is 17.5. The molecule has 0 spiro atoms. The number of nitro benzene ring substituents is 1. The quantitative estimate of drug-likeness (QED) is 0.593. The maximum Gasteiger partial charge on any atom is 0.269 e. The van der Waals surface area contributed by atoms with Crippen molar-refractivity contribution in [2.24, 2.45) is 0 Å². The summed E-state index contributed by atoms with van der Waals surface area (Å²) in [7, 11) is 0. The van der Waals surface area contributed by atoms with Gasteiger partial charge in [-0.25, -0.2) is 4.39 Å². The first-order valence-corrected chi connectivity index (χ1v) is 4.25. The lowest BCUT2D eigenvalue weighted by Gasteiger charge is -2.07. The average Bonchev–Trinajstić information content (AvgIpc) is 2.26. The number of nitro groups is 1. The van der Waals surface area contributed by atoms with E-state index in [-0.39, 0.29) is 12.3 Å². The highest BCUT2D eigenvalue weighted by Gasteiger charge is 2.07. The number of ether oxygens (including phenoxy) is 1. The van der Waals surface area contributed by atoms with Gasteiger partial charge in [-0.05, 0) is 12.1 Å². The number of alkyl halides is 1. The lowest BCUT2D eigenvalue weighted by molar-refractivity contribution is -0.384. The topological polar surface area (TPSA) is 72.6 Å². The fourth-order valence-electron chi connectivity index (χ4n) is 0.903. The van der Waals surface area contributed by atoms with Crippen LogP contribution in [-0.4, -0.2) is 29.4 Å². The third-order valence-electron chi connectivity index (χ3n) is 1.68. The van der Waals surface area contributed by atoms with Gasteiger partial charge in [0.15, 0.2) is 6.17 Å². The molecule has 5 nitrogen and oxygen atoms in total. The van der Waals surface area contributed by atoms with Crippen LogP contribution in [0.25, 0.3) is 0 Å². The van der Waals surface area contributed by atoms with Gasteiger partial charge in [0.1, 0.15) is 12.4 Å². The smallest absolute Gasteiger partial charge is 0.269 e. The Bertz CT molecular complexity index is 327. The Balaban J connectivity index is 2.53. The standard InChI is InChI=1S/C9H10FNO4/c10-7(5-12)6-15-9-3-1-8(2-4-9)11(13)14/h1-4,7,12H,5-6H2. The van der Waals surface area contributed by atoms with E-state index >= 15 is 0 Å². The molecular weight excluding hydrogens is 205 g/mol. The molecule has 15 heavy (non-hydrogen) atoms. The van der Waals surface area contributed by atoms with E-state index in [1.807, 2.05) is 0 Å². The van der Waals surface area contributed by atoms with Crippen molar-refractivity contribution in [1.29, 1.82) is 0 Å². The highest BCUT2D eigenvalue weighted by Crippen LogP contribution is 2.17. The van der Waals surface area contributed by atoms with E-state index in [0.717, 1.165) is 0 Å². The van der Waals surface area contributed by atoms with Gasteiger partial charge < -0.3 is 9.84 Å². The molecule has 6 heteroatoms. The van der Waals surface area contributed by atoms with Crippen LogP contribution in [0.4, 0.5) is 10.1 Å². The van der Waals surface area contributed by atoms with Gasteiger partial charge in [0.25, 0.3) is 5.69 Å². The second-order valence-corrected chi connectivity index (χ2v) is 2.84. The first-order chi connectivity index (χ1) is 7.13. The van der Waals surface area contributed by atoms with Gasteiger partial charge in [0, 0.05) is 12.1 Å². The summed E-state index contributed by atoms with van der Waals surface area (Å²) in [5, 5.41) is 18.7. The van der Waals surface area contributed by atoms with Gasteiger partial charge >= 0.3 is 0 Å². The Morgan fingerprint density at radius 1 is 1.47 bits per heavy atom. The largest absolute Gasteiger partial charge is 0.490 e. The number of aliphatic hydroxyl groups excluding tert-OH is 1. The van der Waals surface area contributed by atoms with E-state index in [9.17, 15) is 14.5 Å². The van der Waals surface area contributed by atoms with E-state index in [1.165, 1.54) is 24.3 Å². The summed E-state index contributed by atoms with van der Waals surface area (Å²) >= 11 is 0. The summed E-state index contributed by atoms with van der Waals surface area (Å²) in [5.74, 6) is 0.330. The number of hydrogen-bond donors (Lipinski definition) is 1. The van der Waals surface area contributed by atoms with Gasteiger partial charge in [-0.1, -0.05) is 0 Å². The van der Waals surface area contributed by atoms with Crippen LogP contribution >= 0.6 is 0 Å². The lowest BCUT2D eigenvalue weighted by Crippen LogP contribution is -2.16. The first kappa shape index (κ1) is 11.4. The van der Waals surface area contributed by atoms with Crippen molar-refractivity contribution in [1.82, 2.24) is 0 Å². The Morgan fingerprint density at radius 3 is 2.53 bits per heavy atom. The number of rotatable bonds is 5. The zero-order chi connectivity index (χ0) is 11.3. The highest BCUT2D eigenvalue weighted by atomic mass is 19.1. The van der Waals surface area contributed by atoms with Crippen LogP contribution in [0.3, 0.4) is 0 Å². The molecule has 0 heterocycles. The third-order valence-corrected chi connectivity index (χ3v) is 1.68. The van der Waals surface area contributed by atoms with Crippen molar-refractivity contribution in [2.45, 2.75) is 6.17 Å². The minimum Gasteiger partial charge on any atom is -0.490 e. The molecule has 82 valence electrons. The molecule has 1 aromatic rings. The predicted octanol–water partition coefficient (Wildman–Crippen LogP) is 1.30. The predicted molar refractivity (Wildman–Crippen MR) is 50.6 cm³/mol. The maximum atomic E-state index is 12.5. The molecule has 0 saturated carbocycles. The van der Waals surface area contributed by atoms with E-state index in [4.69, 9.17) is 9.84 Å². The fraction of sp³-hybridized carbons (Fsp3) is 0.333. The van der Waals surface area contributed by atoms with Crippen molar-refractivity contribution >= 4 is 5.69 Å². The molecule has 0 aromatic heterocycles. The highest BCUT2D eigenvalue weighted by molar-refractivity contribution is 5.35. The summed E-state index contributed by atoms with van der Waals surface area (Å²) in [6.07, 6.45) is -1.44. The van der Waals surface area contributed by atoms with Crippen molar-refractivity contribution in [3.63, 3.8) is 0 Å². The van der Waals surface area contributed by atoms with E-state index in [0.29, 0.717) is 5.75 Å². The van der Waals surface area contributed by atoms with Gasteiger partial charge in [-0.15, -0.1) is 0 Å². The van der Waals surface area contributed by atoms with Crippen LogP contribution in [0, 0.1) is 10.1 Å². The molecule has 0 saturated heterocycles. The van der Waals surface area contributed by atoms with Gasteiger partial charge in [0.2, 0.25) is 0 Å².